The number of aliphatic hydroxyl groups is 3. The smallest absolute Gasteiger partial charge is 0.220 e. The highest BCUT2D eigenvalue weighted by Gasteiger charge is 2.38. The highest BCUT2D eigenvalue weighted by molar-refractivity contribution is 5.76. The maximum atomic E-state index is 11.8. The Labute approximate surface area is 132 Å². The molecule has 6 heteroatoms. The molecule has 22 heavy (non-hydrogen) atoms. The SMILES string of the molecule is CC(C)CCCCCCC(=O)N[C@H]1[CH]O[C@H](CO)[C@@H](O)[C@@H]1O. The normalized spacial score (nSPS) is 28.8. The third kappa shape index (κ3) is 6.60. The largest absolute Gasteiger partial charge is 0.394 e. The summed E-state index contributed by atoms with van der Waals surface area (Å²) in [4.78, 5) is 11.8. The van der Waals surface area contributed by atoms with Crippen LogP contribution in [-0.4, -0.2) is 52.2 Å². The second-order valence-corrected chi connectivity index (χ2v) is 6.41. The Kier molecular flexibility index (Phi) is 8.93. The number of nitrogens with one attached hydrogen (secondary N) is 1. The van der Waals surface area contributed by atoms with Crippen LogP contribution in [0.4, 0.5) is 0 Å². The van der Waals surface area contributed by atoms with Crippen LogP contribution in [0.1, 0.15) is 52.4 Å². The van der Waals surface area contributed by atoms with Gasteiger partial charge < -0.3 is 25.4 Å². The average molecular weight is 316 g/mol. The summed E-state index contributed by atoms with van der Waals surface area (Å²) in [6.07, 6.45) is 2.55. The molecule has 0 aromatic rings. The standard InChI is InChI=1S/C16H30NO5/c1-11(2)7-5-3-4-6-8-14(19)17-12-10-22-13(9-18)16(21)15(12)20/h10-13,15-16,18,20-21H,3-9H2,1-2H3,(H,17,19)/t12-,13+,15+,16+/m0/s1. The zero-order chi connectivity index (χ0) is 16.5. The molecule has 4 atom stereocenters. The molecule has 1 amide bonds. The van der Waals surface area contributed by atoms with Crippen LogP contribution in [0.25, 0.3) is 0 Å². The third-order valence-electron chi connectivity index (χ3n) is 3.94. The molecule has 0 aromatic heterocycles. The fourth-order valence-electron chi connectivity index (χ4n) is 2.50. The first kappa shape index (κ1) is 19.4. The molecular formula is C16H30NO5. The summed E-state index contributed by atoms with van der Waals surface area (Å²) < 4.78 is 5.10. The minimum absolute atomic E-state index is 0.164. The van der Waals surface area contributed by atoms with Crippen molar-refractivity contribution in [2.24, 2.45) is 5.92 Å². The summed E-state index contributed by atoms with van der Waals surface area (Å²) in [5.74, 6) is 0.559. The van der Waals surface area contributed by atoms with Gasteiger partial charge in [-0.1, -0.05) is 39.5 Å². The summed E-state index contributed by atoms with van der Waals surface area (Å²) in [6, 6.07) is -0.744. The van der Waals surface area contributed by atoms with E-state index in [4.69, 9.17) is 9.84 Å². The Bertz CT molecular complexity index is 324. The van der Waals surface area contributed by atoms with Gasteiger partial charge in [-0.15, -0.1) is 0 Å². The minimum atomic E-state index is -1.21. The third-order valence-corrected chi connectivity index (χ3v) is 3.94. The molecule has 6 nitrogen and oxygen atoms in total. The lowest BCUT2D eigenvalue weighted by molar-refractivity contribution is -0.145. The van der Waals surface area contributed by atoms with Crippen LogP contribution in [0, 0.1) is 12.5 Å². The van der Waals surface area contributed by atoms with Gasteiger partial charge in [0, 0.05) is 6.42 Å². The summed E-state index contributed by atoms with van der Waals surface area (Å²) in [5.41, 5.74) is 0. The lowest BCUT2D eigenvalue weighted by atomic mass is 9.98. The molecule has 0 bridgehead atoms. The fourth-order valence-corrected chi connectivity index (χ4v) is 2.50. The van der Waals surface area contributed by atoms with Gasteiger partial charge in [-0.3, -0.25) is 4.79 Å². The summed E-state index contributed by atoms with van der Waals surface area (Å²) in [7, 11) is 0. The van der Waals surface area contributed by atoms with Gasteiger partial charge in [0.25, 0.3) is 0 Å². The zero-order valence-corrected chi connectivity index (χ0v) is 13.6. The molecular weight excluding hydrogens is 286 g/mol. The van der Waals surface area contributed by atoms with E-state index in [0.29, 0.717) is 6.42 Å². The minimum Gasteiger partial charge on any atom is -0.394 e. The van der Waals surface area contributed by atoms with Crippen LogP contribution in [0.3, 0.4) is 0 Å². The lowest BCUT2D eigenvalue weighted by Crippen LogP contribution is -2.58. The van der Waals surface area contributed by atoms with Crippen LogP contribution < -0.4 is 5.32 Å². The molecule has 0 aromatic carbocycles. The number of aliphatic hydroxyl groups excluding tert-OH is 3. The van der Waals surface area contributed by atoms with Crippen molar-refractivity contribution < 1.29 is 24.9 Å². The first-order valence-corrected chi connectivity index (χ1v) is 8.20. The van der Waals surface area contributed by atoms with E-state index in [0.717, 1.165) is 25.2 Å². The van der Waals surface area contributed by atoms with Crippen molar-refractivity contribution in [1.29, 1.82) is 0 Å². The Morgan fingerprint density at radius 1 is 1.18 bits per heavy atom. The van der Waals surface area contributed by atoms with Gasteiger partial charge >= 0.3 is 0 Å². The molecule has 1 rings (SSSR count). The first-order chi connectivity index (χ1) is 10.5. The lowest BCUT2D eigenvalue weighted by Gasteiger charge is -2.36. The second-order valence-electron chi connectivity index (χ2n) is 6.41. The molecule has 129 valence electrons. The monoisotopic (exact) mass is 316 g/mol. The van der Waals surface area contributed by atoms with Crippen LogP contribution in [0.15, 0.2) is 0 Å². The highest BCUT2D eigenvalue weighted by Crippen LogP contribution is 2.18. The number of carbonyl (C=O) groups excluding carboxylic acids is 1. The Morgan fingerprint density at radius 3 is 2.50 bits per heavy atom. The first-order valence-electron chi connectivity index (χ1n) is 8.20. The van der Waals surface area contributed by atoms with E-state index in [-0.39, 0.29) is 12.5 Å². The Balaban J connectivity index is 2.17. The van der Waals surface area contributed by atoms with Crippen molar-refractivity contribution in [2.75, 3.05) is 6.61 Å². The Morgan fingerprint density at radius 2 is 1.86 bits per heavy atom. The average Bonchev–Trinajstić information content (AvgIpc) is 2.47. The molecule has 1 aliphatic rings. The topological polar surface area (TPSA) is 99.0 Å². The molecule has 1 saturated heterocycles. The van der Waals surface area contributed by atoms with Crippen molar-refractivity contribution in [1.82, 2.24) is 5.32 Å². The maximum Gasteiger partial charge on any atom is 0.220 e. The van der Waals surface area contributed by atoms with Crippen molar-refractivity contribution in [2.45, 2.75) is 76.7 Å². The summed E-state index contributed by atoms with van der Waals surface area (Å²) in [5, 5.41) is 31.2. The van der Waals surface area contributed by atoms with Crippen molar-refractivity contribution >= 4 is 5.91 Å². The number of rotatable bonds is 9. The number of carbonyl (C=O) groups is 1. The number of amides is 1. The van der Waals surface area contributed by atoms with E-state index in [9.17, 15) is 15.0 Å². The fraction of sp³-hybridized carbons (Fsp3) is 0.875. The van der Waals surface area contributed by atoms with Crippen LogP contribution >= 0.6 is 0 Å². The molecule has 0 spiro atoms. The molecule has 4 N–H and O–H groups in total. The van der Waals surface area contributed by atoms with Crippen molar-refractivity contribution in [3.8, 4) is 0 Å². The van der Waals surface area contributed by atoms with E-state index in [2.05, 4.69) is 19.2 Å². The number of unbranched alkanes of at least 4 members (excludes halogenated alkanes) is 3. The van der Waals surface area contributed by atoms with Gasteiger partial charge in [-0.25, -0.2) is 0 Å². The maximum absolute atomic E-state index is 11.8. The number of hydrogen-bond acceptors (Lipinski definition) is 5. The predicted octanol–water partition coefficient (Wildman–Crippen LogP) is 0.742. The second kappa shape index (κ2) is 10.2. The van der Waals surface area contributed by atoms with E-state index in [1.807, 2.05) is 0 Å². The molecule has 0 aliphatic carbocycles. The van der Waals surface area contributed by atoms with Gasteiger partial charge in [-0.2, -0.15) is 0 Å². The van der Waals surface area contributed by atoms with Gasteiger partial charge in [0.05, 0.1) is 12.6 Å². The quantitative estimate of drug-likeness (QED) is 0.470. The molecule has 0 unspecified atom stereocenters. The molecule has 1 aliphatic heterocycles. The number of hydrogen-bond donors (Lipinski definition) is 4. The number of ether oxygens (including phenoxy) is 1. The van der Waals surface area contributed by atoms with Gasteiger partial charge in [-0.05, 0) is 12.3 Å². The van der Waals surface area contributed by atoms with E-state index in [1.165, 1.54) is 19.4 Å². The van der Waals surface area contributed by atoms with Gasteiger partial charge in [0.15, 0.2) is 0 Å². The molecule has 1 radical (unpaired) electrons. The summed E-state index contributed by atoms with van der Waals surface area (Å²) >= 11 is 0. The van der Waals surface area contributed by atoms with Crippen LogP contribution in [0.5, 0.6) is 0 Å². The van der Waals surface area contributed by atoms with Gasteiger partial charge in [0.2, 0.25) is 5.91 Å². The molecule has 0 saturated carbocycles. The van der Waals surface area contributed by atoms with E-state index in [1.54, 1.807) is 0 Å². The van der Waals surface area contributed by atoms with Crippen molar-refractivity contribution in [3.05, 3.63) is 6.61 Å². The Hall–Kier alpha value is -0.690. The van der Waals surface area contributed by atoms with Gasteiger partial charge in [0.1, 0.15) is 24.9 Å². The molecule has 1 heterocycles. The van der Waals surface area contributed by atoms with E-state index >= 15 is 0 Å². The van der Waals surface area contributed by atoms with Crippen molar-refractivity contribution in [3.63, 3.8) is 0 Å². The summed E-state index contributed by atoms with van der Waals surface area (Å²) in [6.45, 7) is 5.30. The highest BCUT2D eigenvalue weighted by atomic mass is 16.5. The predicted molar refractivity (Wildman–Crippen MR) is 82.7 cm³/mol. The van der Waals surface area contributed by atoms with Crippen LogP contribution in [-0.2, 0) is 9.53 Å². The van der Waals surface area contributed by atoms with E-state index < -0.39 is 24.4 Å². The van der Waals surface area contributed by atoms with Crippen LogP contribution in [0.2, 0.25) is 0 Å². The zero-order valence-electron chi connectivity index (χ0n) is 13.6. The molecule has 1 fully saturated rings.